The number of carbonyl (C=O) groups is 1. The van der Waals surface area contributed by atoms with Crippen LogP contribution in [0.4, 0.5) is 0 Å². The van der Waals surface area contributed by atoms with Crippen molar-refractivity contribution in [3.63, 3.8) is 0 Å². The molecule has 1 aliphatic heterocycles. The summed E-state index contributed by atoms with van der Waals surface area (Å²) in [5.41, 5.74) is 8.75. The number of nitrogens with zero attached hydrogens (tertiary/aromatic N) is 1. The Kier molecular flexibility index (Phi) is 8.09. The summed E-state index contributed by atoms with van der Waals surface area (Å²) in [4.78, 5) is 16.7. The lowest BCUT2D eigenvalue weighted by Gasteiger charge is -2.39. The summed E-state index contributed by atoms with van der Waals surface area (Å²) in [5, 5.41) is 0. The molecule has 5 nitrogen and oxygen atoms in total. The molecule has 1 fully saturated rings. The van der Waals surface area contributed by atoms with Crippen LogP contribution >= 0.6 is 0 Å². The normalized spacial score (nSPS) is 20.9. The molecule has 0 saturated carbocycles. The van der Waals surface area contributed by atoms with Gasteiger partial charge in [-0.05, 0) is 61.9 Å². The van der Waals surface area contributed by atoms with Gasteiger partial charge in [0.15, 0.2) is 5.79 Å². The fraction of sp³-hybridized carbons (Fsp3) is 0.500. The van der Waals surface area contributed by atoms with Gasteiger partial charge >= 0.3 is 5.97 Å². The van der Waals surface area contributed by atoms with Crippen LogP contribution < -0.4 is 0 Å². The lowest BCUT2D eigenvalue weighted by Crippen LogP contribution is -2.44. The minimum atomic E-state index is -0.756. The number of aryl methyl sites for hydroxylation is 1. The van der Waals surface area contributed by atoms with Gasteiger partial charge in [0.2, 0.25) is 0 Å². The molecule has 0 radical (unpaired) electrons. The molecule has 4 rings (SSSR count). The average molecular weight is 452 g/mol. The monoisotopic (exact) mass is 451 g/mol. The molecule has 0 spiro atoms. The highest BCUT2D eigenvalue weighted by Gasteiger charge is 2.35. The fourth-order valence-electron chi connectivity index (χ4n) is 4.74. The summed E-state index contributed by atoms with van der Waals surface area (Å²) in [5.74, 6) is -1.02. The quantitative estimate of drug-likeness (QED) is 0.476. The molecule has 5 heteroatoms. The van der Waals surface area contributed by atoms with Crippen molar-refractivity contribution in [1.82, 2.24) is 4.98 Å². The number of pyridine rings is 1. The summed E-state index contributed by atoms with van der Waals surface area (Å²) in [6.07, 6.45) is 6.48. The number of carbonyl (C=O) groups excluding carboxylic acids is 1. The highest BCUT2D eigenvalue weighted by molar-refractivity contribution is 5.69. The molecule has 1 aromatic carbocycles. The molecule has 1 aliphatic carbocycles. The van der Waals surface area contributed by atoms with Crippen LogP contribution in [0.15, 0.2) is 30.3 Å². The third kappa shape index (κ3) is 5.90. The Balaban J connectivity index is 0.00000149. The predicted molar refractivity (Wildman–Crippen MR) is 131 cm³/mol. The lowest BCUT2D eigenvalue weighted by atomic mass is 9.85. The average Bonchev–Trinajstić information content (AvgIpc) is 2.78. The topological polar surface area (TPSA) is 57.7 Å². The minimum absolute atomic E-state index is 0.144. The Hall–Kier alpha value is -2.50. The van der Waals surface area contributed by atoms with Crippen LogP contribution in [0.5, 0.6) is 0 Å². The third-order valence-corrected chi connectivity index (χ3v) is 6.22. The molecule has 2 unspecified atom stereocenters. The number of hydrogen-bond donors (Lipinski definition) is 0. The lowest BCUT2D eigenvalue weighted by molar-refractivity contribution is -0.290. The Labute approximate surface area is 198 Å². The number of benzene rings is 1. The summed E-state index contributed by atoms with van der Waals surface area (Å²) in [6, 6.07) is 8.62. The maximum Gasteiger partial charge on any atom is 0.308 e. The van der Waals surface area contributed by atoms with E-state index in [4.69, 9.17) is 19.2 Å². The summed E-state index contributed by atoms with van der Waals surface area (Å²) < 4.78 is 16.8. The van der Waals surface area contributed by atoms with Crippen LogP contribution in [0.25, 0.3) is 6.08 Å². The second kappa shape index (κ2) is 10.6. The number of aromatic nitrogens is 1. The predicted octanol–water partition coefficient (Wildman–Crippen LogP) is 5.71. The largest absolute Gasteiger partial charge is 0.469 e. The van der Waals surface area contributed by atoms with E-state index in [0.717, 1.165) is 24.1 Å². The van der Waals surface area contributed by atoms with Crippen molar-refractivity contribution in [2.75, 3.05) is 7.11 Å². The van der Waals surface area contributed by atoms with Gasteiger partial charge in [0.25, 0.3) is 0 Å². The smallest absolute Gasteiger partial charge is 0.308 e. The molecule has 2 aromatic rings. The van der Waals surface area contributed by atoms with Gasteiger partial charge in [-0.3, -0.25) is 9.78 Å². The van der Waals surface area contributed by atoms with Crippen molar-refractivity contribution in [1.29, 1.82) is 0 Å². The molecule has 0 N–H and O–H groups in total. The maximum absolute atomic E-state index is 11.7. The molecule has 0 bridgehead atoms. The zero-order chi connectivity index (χ0) is 24.2. The summed E-state index contributed by atoms with van der Waals surface area (Å²) >= 11 is 0. The van der Waals surface area contributed by atoms with E-state index in [1.165, 1.54) is 35.1 Å². The Morgan fingerprint density at radius 3 is 2.48 bits per heavy atom. The first-order valence-electron chi connectivity index (χ1n) is 11.9. The molecule has 1 aromatic heterocycles. The van der Waals surface area contributed by atoms with E-state index in [2.05, 4.69) is 50.3 Å². The molecule has 2 heterocycles. The van der Waals surface area contributed by atoms with Gasteiger partial charge in [-0.2, -0.15) is 0 Å². The molecule has 1 saturated heterocycles. The van der Waals surface area contributed by atoms with Crippen LogP contribution in [0.3, 0.4) is 0 Å². The van der Waals surface area contributed by atoms with E-state index >= 15 is 0 Å². The van der Waals surface area contributed by atoms with E-state index in [0.29, 0.717) is 6.42 Å². The molecular formula is C28H37NO4. The van der Waals surface area contributed by atoms with Crippen LogP contribution in [0.1, 0.15) is 79.7 Å². The van der Waals surface area contributed by atoms with Crippen LogP contribution in [0.2, 0.25) is 0 Å². The second-order valence-electron chi connectivity index (χ2n) is 8.95. The Morgan fingerprint density at radius 1 is 1.15 bits per heavy atom. The zero-order valence-electron chi connectivity index (χ0n) is 21.0. The number of esters is 1. The van der Waals surface area contributed by atoms with Gasteiger partial charge in [0, 0.05) is 24.2 Å². The van der Waals surface area contributed by atoms with Crippen molar-refractivity contribution < 1.29 is 19.0 Å². The fourth-order valence-corrected chi connectivity index (χ4v) is 4.74. The zero-order valence-corrected chi connectivity index (χ0v) is 21.0. The second-order valence-corrected chi connectivity index (χ2v) is 8.95. The van der Waals surface area contributed by atoms with Crippen molar-refractivity contribution in [3.05, 3.63) is 69.5 Å². The van der Waals surface area contributed by atoms with Gasteiger partial charge in [-0.25, -0.2) is 0 Å². The number of fused-ring (bicyclic) bond motifs is 2. The third-order valence-electron chi connectivity index (χ3n) is 6.22. The summed E-state index contributed by atoms with van der Waals surface area (Å²) in [7, 11) is 1.40. The molecule has 2 atom stereocenters. The van der Waals surface area contributed by atoms with Crippen molar-refractivity contribution >= 4 is 12.0 Å². The number of hydrogen-bond acceptors (Lipinski definition) is 5. The minimum Gasteiger partial charge on any atom is -0.469 e. The molecule has 0 amide bonds. The van der Waals surface area contributed by atoms with Crippen LogP contribution in [0, 0.1) is 13.8 Å². The SMILES string of the molecule is CC.COC(=O)CC1CC(/C=C/c2c(C)nc3c(c2C)Cc2ccccc2C3)OC(C)(C)O1. The first-order chi connectivity index (χ1) is 15.8. The van der Waals surface area contributed by atoms with Gasteiger partial charge < -0.3 is 14.2 Å². The van der Waals surface area contributed by atoms with Crippen LogP contribution in [-0.4, -0.2) is 36.1 Å². The number of methoxy groups -OCH3 is 1. The molecule has 2 aliphatic rings. The maximum atomic E-state index is 11.7. The van der Waals surface area contributed by atoms with E-state index < -0.39 is 5.79 Å². The number of rotatable bonds is 4. The van der Waals surface area contributed by atoms with E-state index in [9.17, 15) is 4.79 Å². The van der Waals surface area contributed by atoms with E-state index in [-0.39, 0.29) is 24.6 Å². The van der Waals surface area contributed by atoms with Crippen molar-refractivity contribution in [2.24, 2.45) is 0 Å². The first-order valence-corrected chi connectivity index (χ1v) is 11.9. The van der Waals surface area contributed by atoms with Crippen molar-refractivity contribution in [3.8, 4) is 0 Å². The van der Waals surface area contributed by atoms with Gasteiger partial charge in [-0.1, -0.05) is 50.3 Å². The molecular weight excluding hydrogens is 414 g/mol. The van der Waals surface area contributed by atoms with Gasteiger partial charge in [0.05, 0.1) is 25.7 Å². The molecule has 178 valence electrons. The van der Waals surface area contributed by atoms with E-state index in [1.807, 2.05) is 27.7 Å². The number of ether oxygens (including phenoxy) is 3. The van der Waals surface area contributed by atoms with E-state index in [1.54, 1.807) is 0 Å². The van der Waals surface area contributed by atoms with Crippen molar-refractivity contribution in [2.45, 2.75) is 85.2 Å². The standard InChI is InChI=1S/C26H31NO4.C2H6/c1-16-22(11-10-20-14-21(15-25(28)29-5)31-26(3,4)30-20)17(2)27-24-13-19-9-7-6-8-18(19)12-23(16)24;1-2/h6-11,20-21H,12-15H2,1-5H3;1-2H3/b11-10+;. The van der Waals surface area contributed by atoms with Gasteiger partial charge in [-0.15, -0.1) is 0 Å². The highest BCUT2D eigenvalue weighted by atomic mass is 16.7. The Morgan fingerprint density at radius 2 is 1.82 bits per heavy atom. The molecule has 33 heavy (non-hydrogen) atoms. The van der Waals surface area contributed by atoms with Gasteiger partial charge in [0.1, 0.15) is 0 Å². The first kappa shape index (κ1) is 25.1. The Bertz CT molecular complexity index is 1020. The highest BCUT2D eigenvalue weighted by Crippen LogP contribution is 2.33. The summed E-state index contributed by atoms with van der Waals surface area (Å²) in [6.45, 7) is 12.0. The van der Waals surface area contributed by atoms with Crippen LogP contribution in [-0.2, 0) is 31.8 Å².